The second kappa shape index (κ2) is 3.61. The lowest BCUT2D eigenvalue weighted by Gasteiger charge is -2.36. The minimum atomic E-state index is -0.164. The van der Waals surface area contributed by atoms with Crippen LogP contribution in [0.25, 0.3) is 0 Å². The molecular formula is C11H18O. The van der Waals surface area contributed by atoms with Crippen LogP contribution in [0.5, 0.6) is 0 Å². The van der Waals surface area contributed by atoms with Crippen LogP contribution < -0.4 is 0 Å². The van der Waals surface area contributed by atoms with Gasteiger partial charge in [0.2, 0.25) is 0 Å². The molecule has 0 heterocycles. The van der Waals surface area contributed by atoms with Crippen LogP contribution >= 0.6 is 0 Å². The molecule has 0 bridgehead atoms. The number of aliphatic hydroxyl groups is 1. The predicted molar refractivity (Wildman–Crippen MR) is 49.8 cm³/mol. The lowest BCUT2D eigenvalue weighted by atomic mass is 9.70. The summed E-state index contributed by atoms with van der Waals surface area (Å²) in [5, 5.41) is 9.45. The molecule has 0 amide bonds. The maximum Gasteiger partial charge on any atom is 0.0720 e. The summed E-state index contributed by atoms with van der Waals surface area (Å²) in [4.78, 5) is 0. The van der Waals surface area contributed by atoms with E-state index < -0.39 is 0 Å². The van der Waals surface area contributed by atoms with E-state index in [9.17, 15) is 5.11 Å². The molecule has 1 heteroatoms. The van der Waals surface area contributed by atoms with Crippen molar-refractivity contribution in [1.29, 1.82) is 0 Å². The molecule has 0 radical (unpaired) electrons. The van der Waals surface area contributed by atoms with Gasteiger partial charge < -0.3 is 5.11 Å². The van der Waals surface area contributed by atoms with Crippen molar-refractivity contribution in [3.63, 3.8) is 0 Å². The van der Waals surface area contributed by atoms with Gasteiger partial charge in [0, 0.05) is 0 Å². The maximum absolute atomic E-state index is 9.45. The molecule has 2 aliphatic carbocycles. The summed E-state index contributed by atoms with van der Waals surface area (Å²) >= 11 is 0. The first-order chi connectivity index (χ1) is 5.86. The number of fused-ring (bicyclic) bond motifs is 1. The Labute approximate surface area is 74.5 Å². The first-order valence-corrected chi connectivity index (χ1v) is 5.21. The molecule has 0 saturated heterocycles. The van der Waals surface area contributed by atoms with Gasteiger partial charge in [0.1, 0.15) is 0 Å². The van der Waals surface area contributed by atoms with Gasteiger partial charge in [0.05, 0.1) is 6.10 Å². The summed E-state index contributed by atoms with van der Waals surface area (Å²) in [5.74, 6) is 1.94. The molecular weight excluding hydrogens is 148 g/mol. The van der Waals surface area contributed by atoms with E-state index in [4.69, 9.17) is 0 Å². The molecule has 0 aromatic heterocycles. The zero-order valence-electron chi connectivity index (χ0n) is 7.58. The van der Waals surface area contributed by atoms with E-state index in [1.165, 1.54) is 32.1 Å². The van der Waals surface area contributed by atoms with Crippen molar-refractivity contribution in [2.75, 3.05) is 0 Å². The summed E-state index contributed by atoms with van der Waals surface area (Å²) in [6.45, 7) is 0. The Balaban J connectivity index is 1.92. The zero-order valence-corrected chi connectivity index (χ0v) is 7.58. The van der Waals surface area contributed by atoms with Crippen molar-refractivity contribution in [1.82, 2.24) is 0 Å². The Morgan fingerprint density at radius 2 is 1.83 bits per heavy atom. The molecule has 0 aromatic carbocycles. The molecule has 1 nitrogen and oxygen atoms in total. The van der Waals surface area contributed by atoms with E-state index in [1.807, 2.05) is 6.08 Å². The first kappa shape index (κ1) is 8.31. The molecule has 1 N–H and O–H groups in total. The van der Waals surface area contributed by atoms with E-state index >= 15 is 0 Å². The zero-order chi connectivity index (χ0) is 8.39. The summed E-state index contributed by atoms with van der Waals surface area (Å²) in [6, 6.07) is 0. The highest BCUT2D eigenvalue weighted by molar-refractivity contribution is 4.95. The van der Waals surface area contributed by atoms with Crippen molar-refractivity contribution in [2.45, 2.75) is 44.6 Å². The standard InChI is InChI=1S/C11H18O/c12-11-5-1-3-9-7-8-10(9)4-2-6-11/h1,5,9-12H,2-4,6-8H2. The van der Waals surface area contributed by atoms with Crippen LogP contribution in [0.15, 0.2) is 12.2 Å². The fourth-order valence-electron chi connectivity index (χ4n) is 2.42. The third-order valence-electron chi connectivity index (χ3n) is 3.45. The van der Waals surface area contributed by atoms with Gasteiger partial charge in [-0.25, -0.2) is 0 Å². The number of hydrogen-bond donors (Lipinski definition) is 1. The van der Waals surface area contributed by atoms with Crippen molar-refractivity contribution >= 4 is 0 Å². The lowest BCUT2D eigenvalue weighted by Crippen LogP contribution is -2.24. The van der Waals surface area contributed by atoms with Crippen LogP contribution in [0, 0.1) is 11.8 Å². The minimum Gasteiger partial charge on any atom is -0.389 e. The summed E-state index contributed by atoms with van der Waals surface area (Å²) in [5.41, 5.74) is 0. The average Bonchev–Trinajstić information content (AvgIpc) is 2.07. The van der Waals surface area contributed by atoms with Gasteiger partial charge in [-0.05, 0) is 37.5 Å². The van der Waals surface area contributed by atoms with Gasteiger partial charge in [-0.3, -0.25) is 0 Å². The quantitative estimate of drug-likeness (QED) is 0.548. The Morgan fingerprint density at radius 3 is 2.58 bits per heavy atom. The molecule has 0 aromatic rings. The van der Waals surface area contributed by atoms with Crippen LogP contribution in [0.4, 0.5) is 0 Å². The van der Waals surface area contributed by atoms with Gasteiger partial charge in [-0.1, -0.05) is 25.0 Å². The van der Waals surface area contributed by atoms with Gasteiger partial charge in [-0.15, -0.1) is 0 Å². The molecule has 2 rings (SSSR count). The van der Waals surface area contributed by atoms with Gasteiger partial charge in [0.15, 0.2) is 0 Å². The van der Waals surface area contributed by atoms with E-state index in [0.717, 1.165) is 18.3 Å². The Kier molecular flexibility index (Phi) is 2.50. The van der Waals surface area contributed by atoms with Crippen molar-refractivity contribution < 1.29 is 5.11 Å². The molecule has 12 heavy (non-hydrogen) atoms. The number of hydrogen-bond acceptors (Lipinski definition) is 1. The fourth-order valence-corrected chi connectivity index (χ4v) is 2.42. The lowest BCUT2D eigenvalue weighted by molar-refractivity contribution is 0.155. The summed E-state index contributed by atoms with van der Waals surface area (Å²) in [6.07, 6.45) is 11.6. The predicted octanol–water partition coefficient (Wildman–Crippen LogP) is 2.50. The first-order valence-electron chi connectivity index (χ1n) is 5.21. The van der Waals surface area contributed by atoms with Crippen molar-refractivity contribution in [2.24, 2.45) is 11.8 Å². The fraction of sp³-hybridized carbons (Fsp3) is 0.818. The Hall–Kier alpha value is -0.300. The number of allylic oxidation sites excluding steroid dienone is 1. The molecule has 3 unspecified atom stereocenters. The second-order valence-electron chi connectivity index (χ2n) is 4.26. The molecule has 1 saturated carbocycles. The summed E-state index contributed by atoms with van der Waals surface area (Å²) in [7, 11) is 0. The third-order valence-corrected chi connectivity index (χ3v) is 3.45. The highest BCUT2D eigenvalue weighted by Crippen LogP contribution is 2.40. The van der Waals surface area contributed by atoms with E-state index in [-0.39, 0.29) is 6.10 Å². The molecule has 0 spiro atoms. The number of rotatable bonds is 0. The van der Waals surface area contributed by atoms with Crippen LogP contribution in [0.3, 0.4) is 0 Å². The molecule has 1 fully saturated rings. The van der Waals surface area contributed by atoms with Crippen LogP contribution in [-0.2, 0) is 0 Å². The van der Waals surface area contributed by atoms with E-state index in [2.05, 4.69) is 6.08 Å². The maximum atomic E-state index is 9.45. The topological polar surface area (TPSA) is 20.2 Å². The van der Waals surface area contributed by atoms with Gasteiger partial charge in [-0.2, -0.15) is 0 Å². The monoisotopic (exact) mass is 166 g/mol. The highest BCUT2D eigenvalue weighted by Gasteiger charge is 2.29. The smallest absolute Gasteiger partial charge is 0.0720 e. The SMILES string of the molecule is OC1C=CCC2CCC2CCC1. The van der Waals surface area contributed by atoms with Crippen LogP contribution in [0.2, 0.25) is 0 Å². The Morgan fingerprint density at radius 1 is 1.00 bits per heavy atom. The minimum absolute atomic E-state index is 0.164. The molecule has 3 atom stereocenters. The van der Waals surface area contributed by atoms with E-state index in [0.29, 0.717) is 0 Å². The van der Waals surface area contributed by atoms with E-state index in [1.54, 1.807) is 0 Å². The largest absolute Gasteiger partial charge is 0.389 e. The van der Waals surface area contributed by atoms with Gasteiger partial charge in [0.25, 0.3) is 0 Å². The van der Waals surface area contributed by atoms with Crippen LogP contribution in [-0.4, -0.2) is 11.2 Å². The Bertz CT molecular complexity index is 174. The average molecular weight is 166 g/mol. The molecule has 0 aliphatic heterocycles. The number of aliphatic hydroxyl groups excluding tert-OH is 1. The third kappa shape index (κ3) is 1.71. The second-order valence-corrected chi connectivity index (χ2v) is 4.26. The van der Waals surface area contributed by atoms with Crippen molar-refractivity contribution in [3.05, 3.63) is 12.2 Å². The van der Waals surface area contributed by atoms with Crippen LogP contribution in [0.1, 0.15) is 38.5 Å². The summed E-state index contributed by atoms with van der Waals surface area (Å²) < 4.78 is 0. The van der Waals surface area contributed by atoms with Crippen molar-refractivity contribution in [3.8, 4) is 0 Å². The molecule has 2 aliphatic rings. The van der Waals surface area contributed by atoms with Gasteiger partial charge >= 0.3 is 0 Å². The molecule has 68 valence electrons. The highest BCUT2D eigenvalue weighted by atomic mass is 16.3. The normalized spacial score (nSPS) is 41.9.